The molecule has 0 aliphatic carbocycles. The van der Waals surface area contributed by atoms with Gasteiger partial charge in [-0.05, 0) is 37.2 Å². The van der Waals surface area contributed by atoms with Crippen molar-refractivity contribution in [2.75, 3.05) is 19.8 Å². The fraction of sp³-hybridized carbons (Fsp3) is 0.412. The van der Waals surface area contributed by atoms with Gasteiger partial charge in [-0.1, -0.05) is 13.0 Å². The lowest BCUT2D eigenvalue weighted by Crippen LogP contribution is -2.21. The number of ether oxygens (including phenoxy) is 2. The van der Waals surface area contributed by atoms with E-state index in [0.717, 1.165) is 41.4 Å². The third-order valence-corrected chi connectivity index (χ3v) is 3.60. The van der Waals surface area contributed by atoms with Crippen LogP contribution in [-0.2, 0) is 0 Å². The molecule has 3 rings (SSSR count). The molecule has 4 nitrogen and oxygen atoms in total. The number of furan rings is 1. The molecule has 1 unspecified atom stereocenters. The Balaban J connectivity index is 1.94. The highest BCUT2D eigenvalue weighted by atomic mass is 16.5. The Morgan fingerprint density at radius 2 is 1.90 bits per heavy atom. The standard InChI is InChI=1S/C17H21NO3/c1-3-18-17(14-9-12(2)21-11-14)13-5-6-15-16(10-13)20-8-4-7-19-15/h5-6,9-11,17-18H,3-4,7-8H2,1-2H3. The summed E-state index contributed by atoms with van der Waals surface area (Å²) < 4.78 is 16.9. The zero-order valence-electron chi connectivity index (χ0n) is 12.5. The average Bonchev–Trinajstić information content (AvgIpc) is 2.78. The molecule has 0 fully saturated rings. The number of nitrogens with one attached hydrogen (secondary N) is 1. The van der Waals surface area contributed by atoms with E-state index in [9.17, 15) is 0 Å². The normalized spacial score (nSPS) is 15.5. The SMILES string of the molecule is CCNC(c1coc(C)c1)c1ccc2c(c1)OCCCO2. The molecule has 0 saturated heterocycles. The Kier molecular flexibility index (Phi) is 4.15. The predicted molar refractivity (Wildman–Crippen MR) is 81.0 cm³/mol. The number of benzene rings is 1. The maximum absolute atomic E-state index is 5.78. The van der Waals surface area contributed by atoms with Crippen LogP contribution in [0.4, 0.5) is 0 Å². The molecule has 2 heterocycles. The smallest absolute Gasteiger partial charge is 0.161 e. The second kappa shape index (κ2) is 6.22. The fourth-order valence-corrected chi connectivity index (χ4v) is 2.61. The third kappa shape index (κ3) is 3.05. The van der Waals surface area contributed by atoms with E-state index < -0.39 is 0 Å². The fourth-order valence-electron chi connectivity index (χ4n) is 2.61. The van der Waals surface area contributed by atoms with Crippen LogP contribution in [-0.4, -0.2) is 19.8 Å². The summed E-state index contributed by atoms with van der Waals surface area (Å²) in [5.74, 6) is 2.57. The molecule has 1 aliphatic heterocycles. The molecule has 0 saturated carbocycles. The van der Waals surface area contributed by atoms with Crippen molar-refractivity contribution in [2.45, 2.75) is 26.3 Å². The van der Waals surface area contributed by atoms with Crippen LogP contribution in [0, 0.1) is 6.92 Å². The van der Waals surface area contributed by atoms with Crippen LogP contribution in [0.2, 0.25) is 0 Å². The van der Waals surface area contributed by atoms with Crippen molar-refractivity contribution in [2.24, 2.45) is 0 Å². The number of aryl methyl sites for hydroxylation is 1. The third-order valence-electron chi connectivity index (χ3n) is 3.60. The minimum atomic E-state index is 0.101. The second-order valence-electron chi connectivity index (χ2n) is 5.24. The Morgan fingerprint density at radius 3 is 2.62 bits per heavy atom. The van der Waals surface area contributed by atoms with E-state index >= 15 is 0 Å². The quantitative estimate of drug-likeness (QED) is 0.935. The maximum atomic E-state index is 5.78. The molecule has 0 bridgehead atoms. The lowest BCUT2D eigenvalue weighted by atomic mass is 10.0. The van der Waals surface area contributed by atoms with Crippen molar-refractivity contribution in [1.29, 1.82) is 0 Å². The summed E-state index contributed by atoms with van der Waals surface area (Å²) in [5.41, 5.74) is 2.28. The molecule has 4 heteroatoms. The van der Waals surface area contributed by atoms with E-state index in [2.05, 4.69) is 30.4 Å². The first-order valence-electron chi connectivity index (χ1n) is 7.46. The molecule has 0 amide bonds. The lowest BCUT2D eigenvalue weighted by molar-refractivity contribution is 0.297. The van der Waals surface area contributed by atoms with Crippen molar-refractivity contribution < 1.29 is 13.9 Å². The molecule has 1 N–H and O–H groups in total. The van der Waals surface area contributed by atoms with Gasteiger partial charge in [-0.15, -0.1) is 0 Å². The van der Waals surface area contributed by atoms with Gasteiger partial charge in [-0.3, -0.25) is 0 Å². The van der Waals surface area contributed by atoms with Crippen LogP contribution in [0.1, 0.15) is 36.3 Å². The Hall–Kier alpha value is -1.94. The number of rotatable bonds is 4. The van der Waals surface area contributed by atoms with Crippen molar-refractivity contribution in [1.82, 2.24) is 5.32 Å². The zero-order chi connectivity index (χ0) is 14.7. The lowest BCUT2D eigenvalue weighted by Gasteiger charge is -2.18. The van der Waals surface area contributed by atoms with Crippen LogP contribution in [0.3, 0.4) is 0 Å². The Bertz CT molecular complexity index is 606. The molecule has 1 aromatic heterocycles. The molecular formula is C17H21NO3. The van der Waals surface area contributed by atoms with Gasteiger partial charge in [0, 0.05) is 12.0 Å². The van der Waals surface area contributed by atoms with Gasteiger partial charge in [0.1, 0.15) is 5.76 Å². The number of hydrogen-bond acceptors (Lipinski definition) is 4. The van der Waals surface area contributed by atoms with Gasteiger partial charge in [0.05, 0.1) is 25.5 Å². The summed E-state index contributed by atoms with van der Waals surface area (Å²) in [6, 6.07) is 8.31. The van der Waals surface area contributed by atoms with Gasteiger partial charge in [0.2, 0.25) is 0 Å². The Morgan fingerprint density at radius 1 is 1.10 bits per heavy atom. The highest BCUT2D eigenvalue weighted by Gasteiger charge is 2.18. The highest BCUT2D eigenvalue weighted by Crippen LogP contribution is 2.34. The van der Waals surface area contributed by atoms with Crippen LogP contribution < -0.4 is 14.8 Å². The molecular weight excluding hydrogens is 266 g/mol. The summed E-state index contributed by atoms with van der Waals surface area (Å²) in [4.78, 5) is 0. The van der Waals surface area contributed by atoms with Gasteiger partial charge in [0.25, 0.3) is 0 Å². The van der Waals surface area contributed by atoms with E-state index in [4.69, 9.17) is 13.9 Å². The summed E-state index contributed by atoms with van der Waals surface area (Å²) in [6.07, 6.45) is 2.73. The molecule has 1 atom stereocenters. The molecule has 1 aliphatic rings. The number of hydrogen-bond donors (Lipinski definition) is 1. The first-order chi connectivity index (χ1) is 10.3. The molecule has 1 aromatic carbocycles. The van der Waals surface area contributed by atoms with E-state index in [1.54, 1.807) is 0 Å². The van der Waals surface area contributed by atoms with Crippen molar-refractivity contribution >= 4 is 0 Å². The molecule has 0 spiro atoms. The first-order valence-corrected chi connectivity index (χ1v) is 7.46. The van der Waals surface area contributed by atoms with Gasteiger partial charge >= 0.3 is 0 Å². The minimum absolute atomic E-state index is 0.101. The summed E-state index contributed by atoms with van der Waals surface area (Å²) in [5, 5.41) is 3.49. The monoisotopic (exact) mass is 287 g/mol. The molecule has 0 radical (unpaired) electrons. The summed E-state index contributed by atoms with van der Waals surface area (Å²) in [7, 11) is 0. The van der Waals surface area contributed by atoms with E-state index in [1.165, 1.54) is 0 Å². The first kappa shape index (κ1) is 14.0. The largest absolute Gasteiger partial charge is 0.490 e. The molecule has 112 valence electrons. The summed E-state index contributed by atoms with van der Waals surface area (Å²) in [6.45, 7) is 6.35. The second-order valence-corrected chi connectivity index (χ2v) is 5.24. The highest BCUT2D eigenvalue weighted by molar-refractivity contribution is 5.46. The summed E-state index contributed by atoms with van der Waals surface area (Å²) >= 11 is 0. The van der Waals surface area contributed by atoms with Gasteiger partial charge < -0.3 is 19.2 Å². The van der Waals surface area contributed by atoms with E-state index in [0.29, 0.717) is 13.2 Å². The predicted octanol–water partition coefficient (Wildman–Crippen LogP) is 3.45. The minimum Gasteiger partial charge on any atom is -0.490 e. The van der Waals surface area contributed by atoms with Gasteiger partial charge in [-0.25, -0.2) is 0 Å². The van der Waals surface area contributed by atoms with Gasteiger partial charge in [-0.2, -0.15) is 0 Å². The van der Waals surface area contributed by atoms with Crippen LogP contribution in [0.25, 0.3) is 0 Å². The van der Waals surface area contributed by atoms with E-state index in [1.807, 2.05) is 19.3 Å². The number of fused-ring (bicyclic) bond motifs is 1. The van der Waals surface area contributed by atoms with Crippen molar-refractivity contribution in [3.63, 3.8) is 0 Å². The van der Waals surface area contributed by atoms with E-state index in [-0.39, 0.29) is 6.04 Å². The van der Waals surface area contributed by atoms with Crippen molar-refractivity contribution in [3.05, 3.63) is 47.4 Å². The maximum Gasteiger partial charge on any atom is 0.161 e. The molecule has 21 heavy (non-hydrogen) atoms. The molecule has 2 aromatic rings. The zero-order valence-corrected chi connectivity index (χ0v) is 12.5. The average molecular weight is 287 g/mol. The van der Waals surface area contributed by atoms with Crippen LogP contribution in [0.15, 0.2) is 34.9 Å². The van der Waals surface area contributed by atoms with Crippen LogP contribution in [0.5, 0.6) is 11.5 Å². The topological polar surface area (TPSA) is 43.6 Å². The van der Waals surface area contributed by atoms with Crippen LogP contribution >= 0.6 is 0 Å². The van der Waals surface area contributed by atoms with Gasteiger partial charge in [0.15, 0.2) is 11.5 Å². The Labute approximate surface area is 125 Å². The van der Waals surface area contributed by atoms with Crippen molar-refractivity contribution in [3.8, 4) is 11.5 Å².